The van der Waals surface area contributed by atoms with Gasteiger partial charge in [-0.1, -0.05) is 18.7 Å². The van der Waals surface area contributed by atoms with Crippen molar-refractivity contribution < 1.29 is 14.3 Å². The number of hydrogen-bond acceptors (Lipinski definition) is 8. The van der Waals surface area contributed by atoms with E-state index in [1.54, 1.807) is 43.8 Å². The maximum atomic E-state index is 12.2. The molecule has 4 rings (SSSR count). The van der Waals surface area contributed by atoms with Crippen molar-refractivity contribution in [3.05, 3.63) is 67.0 Å². The number of aromatic amines is 1. The van der Waals surface area contributed by atoms with E-state index in [1.165, 1.54) is 6.08 Å². The van der Waals surface area contributed by atoms with Gasteiger partial charge in [-0.25, -0.2) is 9.97 Å². The molecule has 4 aromatic rings. The van der Waals surface area contributed by atoms with Gasteiger partial charge in [0.2, 0.25) is 11.9 Å². The second-order valence-corrected chi connectivity index (χ2v) is 9.17. The lowest BCUT2D eigenvalue weighted by Crippen LogP contribution is -2.29. The molecule has 0 unspecified atom stereocenters. The second-order valence-electron chi connectivity index (χ2n) is 9.17. The monoisotopic (exact) mass is 528 g/mol. The van der Waals surface area contributed by atoms with Crippen molar-refractivity contribution in [1.82, 2.24) is 19.9 Å². The number of H-pyrrole nitrogens is 1. The number of rotatable bonds is 11. The molecule has 2 aromatic carbocycles. The van der Waals surface area contributed by atoms with E-state index in [0.29, 0.717) is 39.8 Å². The van der Waals surface area contributed by atoms with Crippen LogP contribution in [0.1, 0.15) is 10.4 Å². The molecular formula is C28H32N8O3. The van der Waals surface area contributed by atoms with E-state index in [1.807, 2.05) is 38.2 Å². The zero-order chi connectivity index (χ0) is 28.1. The van der Waals surface area contributed by atoms with Gasteiger partial charge in [-0.15, -0.1) is 0 Å². The summed E-state index contributed by atoms with van der Waals surface area (Å²) in [5.41, 5.74) is 9.94. The fourth-order valence-electron chi connectivity index (χ4n) is 4.17. The fourth-order valence-corrected chi connectivity index (χ4v) is 4.17. The lowest BCUT2D eigenvalue weighted by molar-refractivity contribution is -0.111. The molecule has 2 aromatic heterocycles. The number of aromatic nitrogens is 3. The van der Waals surface area contributed by atoms with Crippen molar-refractivity contribution in [3.63, 3.8) is 0 Å². The van der Waals surface area contributed by atoms with Gasteiger partial charge in [-0.05, 0) is 38.4 Å². The van der Waals surface area contributed by atoms with Gasteiger partial charge in [0.1, 0.15) is 5.75 Å². The summed E-state index contributed by atoms with van der Waals surface area (Å²) in [6.07, 6.45) is 4.64. The van der Waals surface area contributed by atoms with Crippen molar-refractivity contribution in [3.8, 4) is 17.0 Å². The molecule has 11 nitrogen and oxygen atoms in total. The van der Waals surface area contributed by atoms with Crippen molar-refractivity contribution in [2.45, 2.75) is 0 Å². The van der Waals surface area contributed by atoms with Gasteiger partial charge >= 0.3 is 0 Å². The summed E-state index contributed by atoms with van der Waals surface area (Å²) in [6.45, 7) is 5.12. The maximum Gasteiger partial charge on any atom is 0.250 e. The first kappa shape index (κ1) is 27.1. The third-order valence-electron chi connectivity index (χ3n) is 6.21. The van der Waals surface area contributed by atoms with Gasteiger partial charge in [-0.3, -0.25) is 9.59 Å². The Labute approximate surface area is 226 Å². The third-order valence-corrected chi connectivity index (χ3v) is 6.21. The largest absolute Gasteiger partial charge is 0.494 e. The third kappa shape index (κ3) is 5.99. The molecule has 39 heavy (non-hydrogen) atoms. The molecule has 5 N–H and O–H groups in total. The number of fused-ring (bicyclic) bond motifs is 1. The van der Waals surface area contributed by atoms with Crippen LogP contribution >= 0.6 is 0 Å². The Hall–Kier alpha value is -4.90. The Bertz CT molecular complexity index is 1530. The molecular weight excluding hydrogens is 496 g/mol. The minimum Gasteiger partial charge on any atom is -0.494 e. The van der Waals surface area contributed by atoms with E-state index in [2.05, 4.69) is 32.1 Å². The highest BCUT2D eigenvalue weighted by atomic mass is 16.5. The van der Waals surface area contributed by atoms with Crippen LogP contribution in [0.25, 0.3) is 22.2 Å². The summed E-state index contributed by atoms with van der Waals surface area (Å²) >= 11 is 0. The van der Waals surface area contributed by atoms with Crippen LogP contribution < -0.4 is 26.0 Å². The average molecular weight is 529 g/mol. The number of ether oxygens (including phenoxy) is 1. The topological polar surface area (TPSA) is 142 Å². The number of hydrogen-bond donors (Lipinski definition) is 4. The van der Waals surface area contributed by atoms with Crippen LogP contribution in [-0.4, -0.2) is 73.0 Å². The minimum atomic E-state index is -0.513. The van der Waals surface area contributed by atoms with Gasteiger partial charge < -0.3 is 35.9 Å². The zero-order valence-electron chi connectivity index (χ0n) is 22.4. The molecule has 0 bridgehead atoms. The normalized spacial score (nSPS) is 10.9. The number of para-hydroxylation sites is 1. The Kier molecular flexibility index (Phi) is 8.11. The molecule has 11 heteroatoms. The first-order valence-electron chi connectivity index (χ1n) is 12.2. The summed E-state index contributed by atoms with van der Waals surface area (Å²) in [6, 6.07) is 10.8. The van der Waals surface area contributed by atoms with E-state index in [9.17, 15) is 9.59 Å². The number of nitrogens with two attached hydrogens (primary N) is 1. The van der Waals surface area contributed by atoms with Crippen molar-refractivity contribution >= 4 is 45.7 Å². The van der Waals surface area contributed by atoms with E-state index in [-0.39, 0.29) is 5.91 Å². The Morgan fingerprint density at radius 1 is 1.15 bits per heavy atom. The Morgan fingerprint density at radius 2 is 1.95 bits per heavy atom. The van der Waals surface area contributed by atoms with E-state index >= 15 is 0 Å². The summed E-state index contributed by atoms with van der Waals surface area (Å²) in [4.78, 5) is 40.4. The SMILES string of the molecule is C=CC(=O)Nc1cc(Nc2nccc(-c3c[nH]c4c(C(N)=O)cccc34)n2)c(OC)cc1N(C)CCN(C)C. The minimum absolute atomic E-state index is 0.320. The number of benzene rings is 2. The van der Waals surface area contributed by atoms with Crippen LogP contribution in [0.2, 0.25) is 0 Å². The highest BCUT2D eigenvalue weighted by Gasteiger charge is 2.18. The number of anilines is 4. The molecule has 0 spiro atoms. The smallest absolute Gasteiger partial charge is 0.250 e. The molecule has 0 saturated heterocycles. The molecule has 202 valence electrons. The molecule has 2 heterocycles. The average Bonchev–Trinajstić information content (AvgIpc) is 3.36. The number of primary amides is 1. The van der Waals surface area contributed by atoms with Gasteiger partial charge in [0, 0.05) is 49.5 Å². The molecule has 0 atom stereocenters. The predicted octanol–water partition coefficient (Wildman–Crippen LogP) is 3.60. The van der Waals surface area contributed by atoms with Gasteiger partial charge in [0.05, 0.1) is 40.9 Å². The zero-order valence-corrected chi connectivity index (χ0v) is 22.4. The molecule has 2 amide bonds. The van der Waals surface area contributed by atoms with Gasteiger partial charge in [-0.2, -0.15) is 0 Å². The van der Waals surface area contributed by atoms with Crippen molar-refractivity contribution in [2.75, 3.05) is 56.9 Å². The number of likely N-dealkylation sites (N-methyl/N-ethyl adjacent to an activating group) is 2. The summed E-state index contributed by atoms with van der Waals surface area (Å²) < 4.78 is 5.68. The van der Waals surface area contributed by atoms with Gasteiger partial charge in [0.25, 0.3) is 5.91 Å². The standard InChI is InChI=1S/C28H32N8O3/c1-6-25(37)32-21-14-22(24(39-5)15-23(21)36(4)13-12-35(2)3)34-28-30-11-10-20(33-28)19-16-31-26-17(19)8-7-9-18(26)27(29)38/h6-11,14-16,31H,1,12-13H2,2-5H3,(H2,29,38)(H,32,37)(H,30,33,34). The quantitative estimate of drug-likeness (QED) is 0.216. The fraction of sp³-hybridized carbons (Fsp3) is 0.214. The number of carbonyl (C=O) groups is 2. The van der Waals surface area contributed by atoms with Gasteiger partial charge in [0.15, 0.2) is 0 Å². The van der Waals surface area contributed by atoms with E-state index < -0.39 is 5.91 Å². The molecule has 0 aliphatic carbocycles. The summed E-state index contributed by atoms with van der Waals surface area (Å²) in [5.74, 6) is 0.0222. The number of methoxy groups -OCH3 is 1. The highest BCUT2D eigenvalue weighted by molar-refractivity contribution is 6.08. The lowest BCUT2D eigenvalue weighted by atomic mass is 10.1. The van der Waals surface area contributed by atoms with E-state index in [4.69, 9.17) is 15.5 Å². The van der Waals surface area contributed by atoms with E-state index in [0.717, 1.165) is 29.7 Å². The number of carbonyl (C=O) groups excluding carboxylic acids is 2. The number of nitrogens with one attached hydrogen (secondary N) is 3. The van der Waals surface area contributed by atoms with Crippen LogP contribution in [0.4, 0.5) is 23.0 Å². The summed E-state index contributed by atoms with van der Waals surface area (Å²) in [5, 5.41) is 6.91. The molecule has 0 aliphatic rings. The van der Waals surface area contributed by atoms with Crippen LogP contribution in [0.15, 0.2) is 61.4 Å². The first-order chi connectivity index (χ1) is 18.7. The maximum absolute atomic E-state index is 12.2. The van der Waals surface area contributed by atoms with Crippen molar-refractivity contribution in [1.29, 1.82) is 0 Å². The molecule has 0 radical (unpaired) electrons. The number of amides is 2. The van der Waals surface area contributed by atoms with Crippen LogP contribution in [0, 0.1) is 0 Å². The highest BCUT2D eigenvalue weighted by Crippen LogP contribution is 2.38. The van der Waals surface area contributed by atoms with Crippen molar-refractivity contribution in [2.24, 2.45) is 5.73 Å². The lowest BCUT2D eigenvalue weighted by Gasteiger charge is -2.26. The molecule has 0 fully saturated rings. The Balaban J connectivity index is 1.71. The number of nitrogens with zero attached hydrogens (tertiary/aromatic N) is 4. The molecule has 0 aliphatic heterocycles. The first-order valence-corrected chi connectivity index (χ1v) is 12.2. The predicted molar refractivity (Wildman–Crippen MR) is 155 cm³/mol. The van der Waals surface area contributed by atoms with Crippen LogP contribution in [0.5, 0.6) is 5.75 Å². The molecule has 0 saturated carbocycles. The Morgan fingerprint density at radius 3 is 2.64 bits per heavy atom. The van der Waals surface area contributed by atoms with Crippen LogP contribution in [0.3, 0.4) is 0 Å². The van der Waals surface area contributed by atoms with Crippen LogP contribution in [-0.2, 0) is 4.79 Å². The summed E-state index contributed by atoms with van der Waals surface area (Å²) in [7, 11) is 7.53. The second kappa shape index (κ2) is 11.7.